The molecule has 0 aromatic carbocycles. The van der Waals surface area contributed by atoms with Crippen LogP contribution in [0, 0.1) is 0 Å². The van der Waals surface area contributed by atoms with Gasteiger partial charge in [-0.2, -0.15) is 5.10 Å². The summed E-state index contributed by atoms with van der Waals surface area (Å²) in [6.07, 6.45) is 5.72. The van der Waals surface area contributed by atoms with Crippen molar-refractivity contribution >= 4 is 29.1 Å². The Morgan fingerprint density at radius 2 is 2.20 bits per heavy atom. The number of hydrogen-bond acceptors (Lipinski definition) is 8. The van der Waals surface area contributed by atoms with Gasteiger partial charge in [0, 0.05) is 25.4 Å². The van der Waals surface area contributed by atoms with Gasteiger partial charge >= 0.3 is 6.09 Å². The van der Waals surface area contributed by atoms with E-state index >= 15 is 0 Å². The molecule has 3 rings (SSSR count). The highest BCUT2D eigenvalue weighted by Crippen LogP contribution is 2.29. The smallest absolute Gasteiger partial charge is 0.410 e. The predicted octanol–water partition coefficient (Wildman–Crippen LogP) is 3.95. The Morgan fingerprint density at radius 1 is 1.46 bits per heavy atom. The van der Waals surface area contributed by atoms with Crippen LogP contribution in [0.4, 0.5) is 20.7 Å². The SMILES string of the molecule is C=C(/C(=N\C=C(/C)F)OCCN(C)C(=O)OC(C)(C)C)[C@H]1CCCN1c1ccn2ncc(N)c2n1. The number of ether oxygens (including phenoxy) is 2. The number of allylic oxidation sites excluding steroid dienone is 1. The average Bonchev–Trinajstić information content (AvgIpc) is 3.41. The molecule has 190 valence electrons. The number of aliphatic imine (C=N–C) groups is 1. The minimum Gasteiger partial charge on any atom is -0.476 e. The summed E-state index contributed by atoms with van der Waals surface area (Å²) in [5.74, 6) is 0.479. The fraction of sp³-hybridized carbons (Fsp3) is 0.500. The van der Waals surface area contributed by atoms with E-state index in [2.05, 4.69) is 26.6 Å². The number of nitrogens with zero attached hydrogens (tertiary/aromatic N) is 6. The van der Waals surface area contributed by atoms with E-state index in [0.29, 0.717) is 16.9 Å². The van der Waals surface area contributed by atoms with Gasteiger partial charge in [-0.15, -0.1) is 0 Å². The van der Waals surface area contributed by atoms with Crippen molar-refractivity contribution in [2.24, 2.45) is 4.99 Å². The Kier molecular flexibility index (Phi) is 7.98. The highest BCUT2D eigenvalue weighted by molar-refractivity contribution is 5.95. The van der Waals surface area contributed by atoms with Crippen LogP contribution >= 0.6 is 0 Å². The first-order chi connectivity index (χ1) is 16.5. The number of carbonyl (C=O) groups is 1. The highest BCUT2D eigenvalue weighted by atomic mass is 19.1. The molecule has 0 radical (unpaired) electrons. The number of halogens is 1. The van der Waals surface area contributed by atoms with E-state index in [0.717, 1.165) is 31.4 Å². The van der Waals surface area contributed by atoms with Crippen LogP contribution in [0.2, 0.25) is 0 Å². The standard InChI is InChI=1S/C24H34FN7O3/c1-16(25)14-27-22(34-13-12-30(6)23(33)35-24(3,4)5)17(2)19-8-7-10-31(19)20-9-11-32-21(29-20)18(26)15-28-32/h9,11,14-15,19H,2,7-8,10,12-13,26H2,1,3-6H3/b16-14+,27-22+/t19-/m1/s1. The Morgan fingerprint density at radius 3 is 2.89 bits per heavy atom. The van der Waals surface area contributed by atoms with Gasteiger partial charge in [0.2, 0.25) is 5.90 Å². The van der Waals surface area contributed by atoms with E-state index in [9.17, 15) is 9.18 Å². The lowest BCUT2D eigenvalue weighted by molar-refractivity contribution is 0.0275. The van der Waals surface area contributed by atoms with E-state index < -0.39 is 17.5 Å². The summed E-state index contributed by atoms with van der Waals surface area (Å²) in [6.45, 7) is 12.1. The molecule has 1 fully saturated rings. The molecule has 1 atom stereocenters. The van der Waals surface area contributed by atoms with Gasteiger partial charge < -0.3 is 25.0 Å². The van der Waals surface area contributed by atoms with Crippen LogP contribution < -0.4 is 10.6 Å². The van der Waals surface area contributed by atoms with Gasteiger partial charge in [-0.3, -0.25) is 0 Å². The minimum atomic E-state index is -0.596. The molecule has 2 aromatic heterocycles. The number of aromatic nitrogens is 3. The molecule has 1 amide bonds. The molecule has 0 unspecified atom stereocenters. The van der Waals surface area contributed by atoms with E-state index in [1.54, 1.807) is 44.7 Å². The number of carbonyl (C=O) groups excluding carboxylic acids is 1. The highest BCUT2D eigenvalue weighted by Gasteiger charge is 2.31. The van der Waals surface area contributed by atoms with Gasteiger partial charge in [0.05, 0.1) is 30.7 Å². The third-order valence-corrected chi connectivity index (χ3v) is 5.34. The largest absolute Gasteiger partial charge is 0.476 e. The quantitative estimate of drug-likeness (QED) is 0.465. The third kappa shape index (κ3) is 6.71. The van der Waals surface area contributed by atoms with Gasteiger partial charge in [-0.1, -0.05) is 6.58 Å². The van der Waals surface area contributed by atoms with Crippen molar-refractivity contribution in [1.82, 2.24) is 19.5 Å². The van der Waals surface area contributed by atoms with Crippen molar-refractivity contribution in [1.29, 1.82) is 0 Å². The molecule has 10 nitrogen and oxygen atoms in total. The van der Waals surface area contributed by atoms with Gasteiger partial charge in [0.25, 0.3) is 0 Å². The molecular formula is C24H34FN7O3. The second-order valence-electron chi connectivity index (χ2n) is 9.43. The van der Waals surface area contributed by atoms with Crippen LogP contribution in [-0.2, 0) is 9.47 Å². The lowest BCUT2D eigenvalue weighted by Gasteiger charge is -2.28. The second-order valence-corrected chi connectivity index (χ2v) is 9.43. The average molecular weight is 488 g/mol. The Balaban J connectivity index is 1.73. The summed E-state index contributed by atoms with van der Waals surface area (Å²) in [6, 6.07) is 1.72. The molecule has 1 aliphatic rings. The van der Waals surface area contributed by atoms with Crippen molar-refractivity contribution in [3.05, 3.63) is 42.6 Å². The fourth-order valence-electron chi connectivity index (χ4n) is 3.65. The van der Waals surface area contributed by atoms with Crippen molar-refractivity contribution in [3.63, 3.8) is 0 Å². The van der Waals surface area contributed by atoms with Crippen LogP contribution in [0.5, 0.6) is 0 Å². The lowest BCUT2D eigenvalue weighted by atomic mass is 10.1. The monoisotopic (exact) mass is 487 g/mol. The molecule has 0 spiro atoms. The molecule has 1 aliphatic heterocycles. The zero-order chi connectivity index (χ0) is 25.8. The Hall–Kier alpha value is -3.63. The number of rotatable bonds is 7. The van der Waals surface area contributed by atoms with E-state index in [4.69, 9.17) is 15.2 Å². The summed E-state index contributed by atoms with van der Waals surface area (Å²) in [5, 5.41) is 4.16. The number of fused-ring (bicyclic) bond motifs is 1. The lowest BCUT2D eigenvalue weighted by Crippen LogP contribution is -2.37. The maximum absolute atomic E-state index is 13.5. The Bertz CT molecular complexity index is 1130. The molecule has 3 heterocycles. The molecule has 0 bridgehead atoms. The maximum atomic E-state index is 13.5. The first-order valence-corrected chi connectivity index (χ1v) is 11.5. The molecule has 2 N–H and O–H groups in total. The molecule has 11 heteroatoms. The number of nitrogens with two attached hydrogens (primary N) is 1. The summed E-state index contributed by atoms with van der Waals surface area (Å²) in [5.41, 5.74) is 7.06. The van der Waals surface area contributed by atoms with Crippen LogP contribution in [-0.4, -0.2) is 69.9 Å². The Labute approximate surface area is 204 Å². The van der Waals surface area contributed by atoms with Crippen molar-refractivity contribution in [3.8, 4) is 0 Å². The number of nitrogen functional groups attached to an aromatic ring is 1. The third-order valence-electron chi connectivity index (χ3n) is 5.34. The fourth-order valence-corrected chi connectivity index (χ4v) is 3.65. The molecule has 2 aromatic rings. The number of hydrogen-bond donors (Lipinski definition) is 1. The molecule has 1 saturated heterocycles. The normalized spacial score (nSPS) is 17.1. The van der Waals surface area contributed by atoms with Gasteiger partial charge in [0.15, 0.2) is 5.65 Å². The topological polar surface area (TPSA) is 111 Å². The van der Waals surface area contributed by atoms with Crippen molar-refractivity contribution in [2.75, 3.05) is 37.4 Å². The van der Waals surface area contributed by atoms with Gasteiger partial charge in [-0.05, 0) is 46.6 Å². The number of likely N-dealkylation sites (N-methyl/N-ethyl adjacent to an activating group) is 1. The zero-order valence-electron chi connectivity index (χ0n) is 21.0. The van der Waals surface area contributed by atoms with E-state index in [1.165, 1.54) is 11.8 Å². The van der Waals surface area contributed by atoms with Crippen molar-refractivity contribution < 1.29 is 18.7 Å². The van der Waals surface area contributed by atoms with Gasteiger partial charge in [0.1, 0.15) is 23.9 Å². The summed E-state index contributed by atoms with van der Waals surface area (Å²) >= 11 is 0. The zero-order valence-corrected chi connectivity index (χ0v) is 21.0. The molecule has 35 heavy (non-hydrogen) atoms. The summed E-state index contributed by atoms with van der Waals surface area (Å²) < 4.78 is 26.3. The van der Waals surface area contributed by atoms with Crippen LogP contribution in [0.25, 0.3) is 5.65 Å². The summed E-state index contributed by atoms with van der Waals surface area (Å²) in [4.78, 5) is 24.6. The first kappa shape index (κ1) is 26.0. The van der Waals surface area contributed by atoms with E-state index in [-0.39, 0.29) is 25.1 Å². The van der Waals surface area contributed by atoms with E-state index in [1.807, 2.05) is 6.07 Å². The maximum Gasteiger partial charge on any atom is 0.410 e. The van der Waals surface area contributed by atoms with Crippen LogP contribution in [0.3, 0.4) is 0 Å². The summed E-state index contributed by atoms with van der Waals surface area (Å²) in [7, 11) is 1.62. The predicted molar refractivity (Wildman–Crippen MR) is 134 cm³/mol. The molecule has 0 saturated carbocycles. The van der Waals surface area contributed by atoms with Crippen molar-refractivity contribution in [2.45, 2.75) is 52.2 Å². The molecular weight excluding hydrogens is 453 g/mol. The van der Waals surface area contributed by atoms with Crippen LogP contribution in [0.15, 0.2) is 47.6 Å². The number of anilines is 2. The second kappa shape index (κ2) is 10.7. The number of amides is 1. The molecule has 0 aliphatic carbocycles. The van der Waals surface area contributed by atoms with Gasteiger partial charge in [-0.25, -0.2) is 23.7 Å². The minimum absolute atomic E-state index is 0.135. The van der Waals surface area contributed by atoms with Crippen LogP contribution in [0.1, 0.15) is 40.5 Å². The first-order valence-electron chi connectivity index (χ1n) is 11.5.